The molecule has 0 atom stereocenters. The van der Waals surface area contributed by atoms with Crippen LogP contribution in [0.1, 0.15) is 41.4 Å². The summed E-state index contributed by atoms with van der Waals surface area (Å²) in [6.07, 6.45) is 4.26. The fraction of sp³-hybridized carbons (Fsp3) is 0.360. The molecule has 0 aliphatic carbocycles. The number of amides is 1. The second-order valence-corrected chi connectivity index (χ2v) is 9.16. The van der Waals surface area contributed by atoms with E-state index in [0.29, 0.717) is 42.0 Å². The molecule has 0 spiro atoms. The van der Waals surface area contributed by atoms with E-state index in [9.17, 15) is 9.18 Å². The number of aromatic nitrogens is 3. The first-order chi connectivity index (χ1) is 16.5. The highest BCUT2D eigenvalue weighted by Gasteiger charge is 2.30. The number of anilines is 1. The maximum Gasteiger partial charge on any atom is 0.257 e. The predicted molar refractivity (Wildman–Crippen MR) is 127 cm³/mol. The molecule has 176 valence electrons. The average molecular weight is 482 g/mol. The highest BCUT2D eigenvalue weighted by atomic mass is 35.5. The minimum absolute atomic E-state index is 0.167. The predicted octanol–water partition coefficient (Wildman–Crippen LogP) is 4.89. The fourth-order valence-electron chi connectivity index (χ4n) is 4.34. The zero-order valence-electron chi connectivity index (χ0n) is 18.9. The van der Waals surface area contributed by atoms with Gasteiger partial charge in [0.05, 0.1) is 23.4 Å². The number of carbonyl (C=O) groups is 1. The van der Waals surface area contributed by atoms with Crippen LogP contribution >= 0.6 is 11.6 Å². The molecule has 4 heterocycles. The molecule has 0 unspecified atom stereocenters. The topological polar surface area (TPSA) is 71.5 Å². The standard InChI is InChI=1S/C25H25ClFN5O2/c1-16-7-11-31(12-8-16)25-29-21-9-13-32(24(33)19-6-3-10-28-22(19)26)15-20(21)23(30-25)34-18-5-2-4-17(27)14-18/h2-6,10,14,16H,7-9,11-13,15H2,1H3. The van der Waals surface area contributed by atoms with Crippen LogP contribution in [-0.4, -0.2) is 45.4 Å². The van der Waals surface area contributed by atoms with Crippen molar-refractivity contribution in [3.8, 4) is 11.6 Å². The van der Waals surface area contributed by atoms with E-state index in [0.717, 1.165) is 37.2 Å². The summed E-state index contributed by atoms with van der Waals surface area (Å²) in [5.41, 5.74) is 1.91. The largest absolute Gasteiger partial charge is 0.438 e. The van der Waals surface area contributed by atoms with Crippen molar-refractivity contribution in [2.45, 2.75) is 32.7 Å². The summed E-state index contributed by atoms with van der Waals surface area (Å²) >= 11 is 6.16. The first-order valence-corrected chi connectivity index (χ1v) is 11.8. The van der Waals surface area contributed by atoms with Gasteiger partial charge in [0.1, 0.15) is 16.7 Å². The molecule has 1 fully saturated rings. The minimum atomic E-state index is -0.395. The SMILES string of the molecule is CC1CCN(c2nc3c(c(Oc4cccc(F)c4)n2)CN(C(=O)c2cccnc2Cl)CC3)CC1. The number of nitrogens with zero attached hydrogens (tertiary/aromatic N) is 5. The van der Waals surface area contributed by atoms with E-state index in [1.165, 1.54) is 12.1 Å². The van der Waals surface area contributed by atoms with Crippen molar-refractivity contribution < 1.29 is 13.9 Å². The van der Waals surface area contributed by atoms with Crippen LogP contribution in [0.2, 0.25) is 5.15 Å². The van der Waals surface area contributed by atoms with Crippen LogP contribution in [-0.2, 0) is 13.0 Å². The molecular weight excluding hydrogens is 457 g/mol. The van der Waals surface area contributed by atoms with Crippen LogP contribution < -0.4 is 9.64 Å². The zero-order valence-corrected chi connectivity index (χ0v) is 19.6. The van der Waals surface area contributed by atoms with Gasteiger partial charge in [0, 0.05) is 38.3 Å². The van der Waals surface area contributed by atoms with Crippen molar-refractivity contribution in [2.75, 3.05) is 24.5 Å². The van der Waals surface area contributed by atoms with Crippen LogP contribution in [0.3, 0.4) is 0 Å². The number of carbonyl (C=O) groups excluding carboxylic acids is 1. The van der Waals surface area contributed by atoms with Gasteiger partial charge < -0.3 is 14.5 Å². The van der Waals surface area contributed by atoms with Gasteiger partial charge in [0.2, 0.25) is 11.8 Å². The van der Waals surface area contributed by atoms with Crippen LogP contribution in [0, 0.1) is 11.7 Å². The zero-order chi connectivity index (χ0) is 23.7. The number of fused-ring (bicyclic) bond motifs is 1. The molecule has 0 N–H and O–H groups in total. The molecule has 2 aromatic heterocycles. The lowest BCUT2D eigenvalue weighted by molar-refractivity contribution is 0.0731. The third-order valence-corrected chi connectivity index (χ3v) is 6.67. The van der Waals surface area contributed by atoms with E-state index >= 15 is 0 Å². The van der Waals surface area contributed by atoms with E-state index < -0.39 is 5.82 Å². The van der Waals surface area contributed by atoms with Crippen LogP contribution in [0.5, 0.6) is 11.6 Å². The molecule has 3 aromatic rings. The molecule has 1 saturated heterocycles. The first kappa shape index (κ1) is 22.5. The van der Waals surface area contributed by atoms with E-state index in [-0.39, 0.29) is 17.6 Å². The van der Waals surface area contributed by atoms with E-state index in [4.69, 9.17) is 26.3 Å². The summed E-state index contributed by atoms with van der Waals surface area (Å²) in [5, 5.41) is 0.167. The quantitative estimate of drug-likeness (QED) is 0.494. The maximum absolute atomic E-state index is 13.8. The fourth-order valence-corrected chi connectivity index (χ4v) is 4.54. The van der Waals surface area contributed by atoms with E-state index in [1.54, 1.807) is 35.4 Å². The summed E-state index contributed by atoms with van der Waals surface area (Å²) in [6.45, 7) is 4.77. The Kier molecular flexibility index (Phi) is 6.32. The van der Waals surface area contributed by atoms with Crippen LogP contribution in [0.15, 0.2) is 42.6 Å². The summed E-state index contributed by atoms with van der Waals surface area (Å²) < 4.78 is 19.9. The Morgan fingerprint density at radius 2 is 1.97 bits per heavy atom. The summed E-state index contributed by atoms with van der Waals surface area (Å²) in [6, 6.07) is 9.30. The molecule has 9 heteroatoms. The number of benzene rings is 1. The number of rotatable bonds is 4. The normalized spacial score (nSPS) is 16.3. The smallest absolute Gasteiger partial charge is 0.257 e. The Morgan fingerprint density at radius 1 is 1.15 bits per heavy atom. The molecule has 5 rings (SSSR count). The molecule has 7 nitrogen and oxygen atoms in total. The van der Waals surface area contributed by atoms with Gasteiger partial charge in [-0.3, -0.25) is 4.79 Å². The van der Waals surface area contributed by atoms with Gasteiger partial charge >= 0.3 is 0 Å². The van der Waals surface area contributed by atoms with Gasteiger partial charge in [-0.05, 0) is 43.0 Å². The van der Waals surface area contributed by atoms with Gasteiger partial charge in [-0.2, -0.15) is 4.98 Å². The van der Waals surface area contributed by atoms with Crippen LogP contribution in [0.25, 0.3) is 0 Å². The first-order valence-electron chi connectivity index (χ1n) is 11.5. The molecule has 2 aliphatic heterocycles. The number of hydrogen-bond donors (Lipinski definition) is 0. The lowest BCUT2D eigenvalue weighted by Gasteiger charge is -2.33. The Bertz CT molecular complexity index is 1220. The molecule has 0 bridgehead atoms. The molecule has 1 amide bonds. The van der Waals surface area contributed by atoms with Gasteiger partial charge in [0.25, 0.3) is 5.91 Å². The minimum Gasteiger partial charge on any atom is -0.438 e. The number of pyridine rings is 1. The Hall–Kier alpha value is -3.26. The maximum atomic E-state index is 13.8. The molecule has 0 saturated carbocycles. The van der Waals surface area contributed by atoms with Gasteiger partial charge in [0.15, 0.2) is 0 Å². The van der Waals surface area contributed by atoms with Gasteiger partial charge in [-0.25, -0.2) is 14.4 Å². The van der Waals surface area contributed by atoms with E-state index in [2.05, 4.69) is 16.8 Å². The second kappa shape index (κ2) is 9.54. The molecule has 34 heavy (non-hydrogen) atoms. The molecule has 2 aliphatic rings. The van der Waals surface area contributed by atoms with E-state index in [1.807, 2.05) is 0 Å². The molecule has 0 radical (unpaired) electrons. The summed E-state index contributed by atoms with van der Waals surface area (Å²) in [4.78, 5) is 30.6. The average Bonchev–Trinajstić information content (AvgIpc) is 2.84. The number of ether oxygens (including phenoxy) is 1. The third-order valence-electron chi connectivity index (χ3n) is 6.36. The highest BCUT2D eigenvalue weighted by molar-refractivity contribution is 6.32. The highest BCUT2D eigenvalue weighted by Crippen LogP contribution is 2.33. The van der Waals surface area contributed by atoms with Gasteiger partial charge in [-0.15, -0.1) is 0 Å². The van der Waals surface area contributed by atoms with Crippen molar-refractivity contribution in [2.24, 2.45) is 5.92 Å². The third kappa shape index (κ3) is 4.68. The molecular formula is C25H25ClFN5O2. The molecule has 1 aromatic carbocycles. The Balaban J connectivity index is 1.49. The lowest BCUT2D eigenvalue weighted by Crippen LogP contribution is -2.38. The Morgan fingerprint density at radius 3 is 2.74 bits per heavy atom. The monoisotopic (exact) mass is 481 g/mol. The summed E-state index contributed by atoms with van der Waals surface area (Å²) in [5.74, 6) is 1.38. The van der Waals surface area contributed by atoms with Crippen molar-refractivity contribution >= 4 is 23.5 Å². The van der Waals surface area contributed by atoms with Crippen LogP contribution in [0.4, 0.5) is 10.3 Å². The van der Waals surface area contributed by atoms with Crippen molar-refractivity contribution in [3.05, 3.63) is 70.4 Å². The number of hydrogen-bond acceptors (Lipinski definition) is 6. The second-order valence-electron chi connectivity index (χ2n) is 8.80. The van der Waals surface area contributed by atoms with Crippen molar-refractivity contribution in [3.63, 3.8) is 0 Å². The number of piperidine rings is 1. The van der Waals surface area contributed by atoms with Crippen molar-refractivity contribution in [1.29, 1.82) is 0 Å². The summed E-state index contributed by atoms with van der Waals surface area (Å²) in [7, 11) is 0. The Labute approximate surface area is 202 Å². The van der Waals surface area contributed by atoms with Gasteiger partial charge in [-0.1, -0.05) is 24.6 Å². The number of halogens is 2. The lowest BCUT2D eigenvalue weighted by atomic mass is 9.99. The van der Waals surface area contributed by atoms with Crippen molar-refractivity contribution in [1.82, 2.24) is 19.9 Å².